The van der Waals surface area contributed by atoms with E-state index < -0.39 is 0 Å². The first-order chi connectivity index (χ1) is 22.2. The summed E-state index contributed by atoms with van der Waals surface area (Å²) in [4.78, 5) is 25.7. The molecule has 45 heavy (non-hydrogen) atoms. The van der Waals surface area contributed by atoms with Gasteiger partial charge in [-0.3, -0.25) is 20.2 Å². The third-order valence-corrected chi connectivity index (χ3v) is 8.10. The van der Waals surface area contributed by atoms with Gasteiger partial charge in [-0.1, -0.05) is 42.5 Å². The van der Waals surface area contributed by atoms with Gasteiger partial charge >= 0.3 is 0 Å². The lowest BCUT2D eigenvalue weighted by molar-refractivity contribution is 1.07. The monoisotopic (exact) mass is 654 g/mol. The van der Waals surface area contributed by atoms with Crippen LogP contribution in [0.2, 0.25) is 0 Å². The number of benzene rings is 3. The minimum Gasteiger partial charge on any atom is -0.339 e. The van der Waals surface area contributed by atoms with Gasteiger partial charge in [0.1, 0.15) is 28.9 Å². The van der Waals surface area contributed by atoms with Crippen LogP contribution in [0.5, 0.6) is 0 Å². The molecule has 4 N–H and O–H groups in total. The minimum absolute atomic E-state index is 0.622. The van der Waals surface area contributed by atoms with Crippen molar-refractivity contribution in [3.8, 4) is 11.3 Å². The number of aromatic amines is 2. The highest BCUT2D eigenvalue weighted by molar-refractivity contribution is 9.10. The van der Waals surface area contributed by atoms with Crippen LogP contribution in [0.1, 0.15) is 22.3 Å². The molecule has 0 radical (unpaired) electrons. The molecule has 0 saturated carbocycles. The summed E-state index contributed by atoms with van der Waals surface area (Å²) in [5.74, 6) is 1.44. The Hall–Kier alpha value is -5.82. The predicted molar refractivity (Wildman–Crippen MR) is 179 cm³/mol. The largest absolute Gasteiger partial charge is 0.339 e. The molecule has 4 aromatic heterocycles. The van der Waals surface area contributed by atoms with E-state index in [1.165, 1.54) is 23.8 Å². The zero-order valence-electron chi connectivity index (χ0n) is 23.5. The fraction of sp³-hybridized carbons (Fsp3) is 0.0625. The van der Waals surface area contributed by atoms with E-state index in [1.807, 2.05) is 54.9 Å². The Morgan fingerprint density at radius 3 is 1.84 bits per heavy atom. The summed E-state index contributed by atoms with van der Waals surface area (Å²) >= 11 is 3.42. The summed E-state index contributed by atoms with van der Waals surface area (Å²) in [5, 5.41) is 22.8. The Morgan fingerprint density at radius 2 is 1.20 bits per heavy atom. The summed E-state index contributed by atoms with van der Waals surface area (Å²) in [6.07, 6.45) is 6.81. The first kappa shape index (κ1) is 26.8. The molecule has 0 spiro atoms. The Morgan fingerprint density at radius 1 is 0.622 bits per heavy atom. The van der Waals surface area contributed by atoms with Gasteiger partial charge in [0.05, 0.1) is 29.6 Å². The van der Waals surface area contributed by atoms with Crippen LogP contribution in [-0.4, -0.2) is 52.8 Å². The van der Waals surface area contributed by atoms with E-state index in [0.717, 1.165) is 68.0 Å². The average Bonchev–Trinajstić information content (AvgIpc) is 3.89. The molecule has 12 nitrogen and oxygen atoms in total. The standard InChI is InChI=1S/C19H14N6.C13H9BrN6/c1-2-4-12(5-3-1)17-16-18(21-11-22-19(16)25-24-17)23-15-7-6-13-9-20-10-14(13)8-15;14-11-10-12(16-6-17-13(10)20-19-11)18-9-2-1-7-4-15-5-8(7)3-9/h1-8,10-11H,9H2,(H2,21,22,23,24,25);1-3,5-6H,4H2,(H2,16,17,18,19,20). The fourth-order valence-electron chi connectivity index (χ4n) is 5.31. The van der Waals surface area contributed by atoms with Gasteiger partial charge in [-0.15, -0.1) is 0 Å². The molecule has 0 fully saturated rings. The number of halogens is 1. The molecular weight excluding hydrogens is 632 g/mol. The van der Waals surface area contributed by atoms with Gasteiger partial charge in [-0.25, -0.2) is 19.9 Å². The van der Waals surface area contributed by atoms with E-state index in [9.17, 15) is 0 Å². The van der Waals surface area contributed by atoms with Crippen LogP contribution in [0.25, 0.3) is 33.3 Å². The van der Waals surface area contributed by atoms with Gasteiger partial charge in [-0.2, -0.15) is 10.2 Å². The third kappa shape index (κ3) is 5.18. The topological polar surface area (TPSA) is 158 Å². The van der Waals surface area contributed by atoms with Gasteiger partial charge in [-0.05, 0) is 62.4 Å². The molecule has 3 aromatic carbocycles. The molecule has 13 heteroatoms. The molecule has 6 heterocycles. The molecule has 0 amide bonds. The molecule has 0 unspecified atom stereocenters. The highest BCUT2D eigenvalue weighted by Gasteiger charge is 2.16. The maximum absolute atomic E-state index is 4.44. The first-order valence-corrected chi connectivity index (χ1v) is 14.9. The smallest absolute Gasteiger partial charge is 0.187 e. The van der Waals surface area contributed by atoms with E-state index in [1.54, 1.807) is 0 Å². The second kappa shape index (κ2) is 11.4. The normalized spacial score (nSPS) is 12.6. The number of fused-ring (bicyclic) bond motifs is 4. The lowest BCUT2D eigenvalue weighted by Gasteiger charge is -2.09. The van der Waals surface area contributed by atoms with Crippen LogP contribution in [-0.2, 0) is 13.1 Å². The number of aliphatic imine (C=N–C) groups is 2. The molecule has 0 bridgehead atoms. The molecule has 7 aromatic rings. The van der Waals surface area contributed by atoms with Gasteiger partial charge in [0.15, 0.2) is 11.3 Å². The van der Waals surface area contributed by atoms with Crippen LogP contribution in [0.15, 0.2) is 94.0 Å². The van der Waals surface area contributed by atoms with Gasteiger partial charge in [0.25, 0.3) is 0 Å². The minimum atomic E-state index is 0.622. The van der Waals surface area contributed by atoms with Gasteiger partial charge in [0.2, 0.25) is 0 Å². The van der Waals surface area contributed by atoms with Gasteiger partial charge < -0.3 is 10.6 Å². The number of anilines is 4. The summed E-state index contributed by atoms with van der Waals surface area (Å²) in [7, 11) is 0. The van der Waals surface area contributed by atoms with Gasteiger partial charge in [0, 0.05) is 29.4 Å². The maximum Gasteiger partial charge on any atom is 0.187 e. The second-order valence-electron chi connectivity index (χ2n) is 10.4. The molecule has 0 atom stereocenters. The molecule has 218 valence electrons. The summed E-state index contributed by atoms with van der Waals surface area (Å²) < 4.78 is 0.762. The Kier molecular flexibility index (Phi) is 6.76. The number of nitrogens with zero attached hydrogens (tertiary/aromatic N) is 8. The molecular formula is C32H23BrN12. The first-order valence-electron chi connectivity index (χ1n) is 14.1. The van der Waals surface area contributed by atoms with E-state index >= 15 is 0 Å². The number of hydrogen-bond acceptors (Lipinski definition) is 10. The van der Waals surface area contributed by atoms with Crippen LogP contribution in [0.3, 0.4) is 0 Å². The Bertz CT molecular complexity index is 2250. The van der Waals surface area contributed by atoms with Crippen molar-refractivity contribution in [2.24, 2.45) is 9.98 Å². The second-order valence-corrected chi connectivity index (χ2v) is 11.2. The summed E-state index contributed by atoms with van der Waals surface area (Å²) in [6, 6.07) is 22.4. The summed E-state index contributed by atoms with van der Waals surface area (Å²) in [6.45, 7) is 1.52. The number of rotatable bonds is 5. The van der Waals surface area contributed by atoms with E-state index in [4.69, 9.17) is 0 Å². The van der Waals surface area contributed by atoms with Crippen LogP contribution >= 0.6 is 15.9 Å². The van der Waals surface area contributed by atoms with E-state index in [-0.39, 0.29) is 0 Å². The summed E-state index contributed by atoms with van der Waals surface area (Å²) in [5.41, 5.74) is 9.91. The zero-order valence-corrected chi connectivity index (χ0v) is 25.1. The Labute approximate surface area is 264 Å². The zero-order chi connectivity index (χ0) is 30.2. The fourth-order valence-corrected chi connectivity index (χ4v) is 5.77. The van der Waals surface area contributed by atoms with Crippen LogP contribution < -0.4 is 10.6 Å². The molecule has 0 saturated heterocycles. The average molecular weight is 656 g/mol. The van der Waals surface area contributed by atoms with Crippen molar-refractivity contribution in [1.82, 2.24) is 40.3 Å². The molecule has 9 rings (SSSR count). The van der Waals surface area contributed by atoms with E-state index in [0.29, 0.717) is 17.1 Å². The number of aromatic nitrogens is 8. The number of nitrogens with one attached hydrogen (secondary N) is 4. The van der Waals surface area contributed by atoms with Crippen molar-refractivity contribution in [2.75, 3.05) is 10.6 Å². The van der Waals surface area contributed by atoms with Crippen molar-refractivity contribution in [3.63, 3.8) is 0 Å². The highest BCUT2D eigenvalue weighted by atomic mass is 79.9. The van der Waals surface area contributed by atoms with Crippen molar-refractivity contribution in [2.45, 2.75) is 13.1 Å². The SMILES string of the molecule is Brc1[nH]nc2ncnc(Nc3ccc4c(c3)C=NC4)c12.C1=NCc2ccc(Nc3ncnc4n[nH]c(-c5ccccc5)c34)cc21. The molecule has 2 aliphatic heterocycles. The predicted octanol–water partition coefficient (Wildman–Crippen LogP) is 6.49. The number of hydrogen-bond donors (Lipinski definition) is 4. The third-order valence-electron chi connectivity index (χ3n) is 7.52. The lowest BCUT2D eigenvalue weighted by Crippen LogP contribution is -1.97. The van der Waals surface area contributed by atoms with Crippen molar-refractivity contribution in [1.29, 1.82) is 0 Å². The van der Waals surface area contributed by atoms with Crippen molar-refractivity contribution in [3.05, 3.63) is 106 Å². The van der Waals surface area contributed by atoms with Crippen LogP contribution in [0.4, 0.5) is 23.0 Å². The quantitative estimate of drug-likeness (QED) is 0.164. The molecule has 0 aliphatic carbocycles. The van der Waals surface area contributed by atoms with Crippen molar-refractivity contribution >= 4 is 73.4 Å². The van der Waals surface area contributed by atoms with Crippen molar-refractivity contribution < 1.29 is 0 Å². The number of H-pyrrole nitrogens is 2. The highest BCUT2D eigenvalue weighted by Crippen LogP contribution is 2.32. The lowest BCUT2D eigenvalue weighted by atomic mass is 10.1. The van der Waals surface area contributed by atoms with Crippen LogP contribution in [0, 0.1) is 0 Å². The maximum atomic E-state index is 4.44. The van der Waals surface area contributed by atoms with E-state index in [2.05, 4.69) is 101 Å². The Balaban J connectivity index is 0.000000137. The molecule has 2 aliphatic rings.